The molecule has 1 unspecified atom stereocenters. The second kappa shape index (κ2) is 7.28. The molecule has 1 aliphatic heterocycles. The summed E-state index contributed by atoms with van der Waals surface area (Å²) in [5, 5.41) is 3.43. The Morgan fingerprint density at radius 1 is 1.24 bits per heavy atom. The Morgan fingerprint density at radius 3 is 2.64 bits per heavy atom. The Hall–Kier alpha value is -2.33. The zero-order chi connectivity index (χ0) is 18.0. The third-order valence-electron chi connectivity index (χ3n) is 4.48. The first-order chi connectivity index (χ1) is 11.9. The molecule has 2 aromatic carbocycles. The van der Waals surface area contributed by atoms with E-state index >= 15 is 0 Å². The first-order valence-electron chi connectivity index (χ1n) is 8.33. The number of hydrogen-bond acceptors (Lipinski definition) is 2. The number of rotatable bonds is 4. The van der Waals surface area contributed by atoms with Crippen LogP contribution in [0.1, 0.15) is 23.1 Å². The van der Waals surface area contributed by atoms with Crippen LogP contribution in [0.5, 0.6) is 0 Å². The first-order valence-corrected chi connectivity index (χ1v) is 8.71. The number of aryl methyl sites for hydroxylation is 2. The lowest BCUT2D eigenvalue weighted by atomic mass is 10.1. The molecule has 2 amide bonds. The number of benzene rings is 2. The molecule has 0 saturated carbocycles. The molecule has 3 rings (SSSR count). The maximum atomic E-state index is 12.6. The molecule has 1 heterocycles. The zero-order valence-electron chi connectivity index (χ0n) is 14.4. The van der Waals surface area contributed by atoms with Crippen LogP contribution >= 0.6 is 11.6 Å². The molecule has 25 heavy (non-hydrogen) atoms. The molecule has 1 saturated heterocycles. The fraction of sp³-hybridized carbons (Fsp3) is 0.300. The SMILES string of the molecule is Cc1cc(C)c(NC(=O)C2CC(=O)N(Cc3ccccc3)C2)c(Cl)c1. The molecular weight excluding hydrogens is 336 g/mol. The molecule has 130 valence electrons. The Morgan fingerprint density at radius 2 is 1.96 bits per heavy atom. The fourth-order valence-corrected chi connectivity index (χ4v) is 3.57. The fourth-order valence-electron chi connectivity index (χ4n) is 3.20. The molecular formula is C20H21ClN2O2. The summed E-state index contributed by atoms with van der Waals surface area (Å²) < 4.78 is 0. The minimum Gasteiger partial charge on any atom is -0.338 e. The van der Waals surface area contributed by atoms with Crippen molar-refractivity contribution < 1.29 is 9.59 Å². The lowest BCUT2D eigenvalue weighted by molar-refractivity contribution is -0.128. The van der Waals surface area contributed by atoms with Gasteiger partial charge in [0, 0.05) is 19.5 Å². The summed E-state index contributed by atoms with van der Waals surface area (Å²) in [6.07, 6.45) is 0.237. The molecule has 2 aromatic rings. The number of nitrogens with zero attached hydrogens (tertiary/aromatic N) is 1. The molecule has 1 N–H and O–H groups in total. The van der Waals surface area contributed by atoms with E-state index in [9.17, 15) is 9.59 Å². The van der Waals surface area contributed by atoms with E-state index in [4.69, 9.17) is 11.6 Å². The average molecular weight is 357 g/mol. The van der Waals surface area contributed by atoms with E-state index in [0.29, 0.717) is 23.8 Å². The van der Waals surface area contributed by atoms with Gasteiger partial charge in [-0.2, -0.15) is 0 Å². The number of carbonyl (C=O) groups excluding carboxylic acids is 2. The largest absolute Gasteiger partial charge is 0.338 e. The predicted molar refractivity (Wildman–Crippen MR) is 99.5 cm³/mol. The van der Waals surface area contributed by atoms with Gasteiger partial charge in [-0.1, -0.05) is 48.0 Å². The van der Waals surface area contributed by atoms with Crippen LogP contribution in [0.2, 0.25) is 5.02 Å². The lowest BCUT2D eigenvalue weighted by Gasteiger charge is -2.17. The van der Waals surface area contributed by atoms with Crippen molar-refractivity contribution in [1.82, 2.24) is 4.90 Å². The van der Waals surface area contributed by atoms with Crippen molar-refractivity contribution in [2.24, 2.45) is 5.92 Å². The maximum Gasteiger partial charge on any atom is 0.229 e. The molecule has 0 aromatic heterocycles. The Kier molecular flexibility index (Phi) is 5.09. The maximum absolute atomic E-state index is 12.6. The first kappa shape index (κ1) is 17.5. The van der Waals surface area contributed by atoms with Crippen LogP contribution in [0.4, 0.5) is 5.69 Å². The van der Waals surface area contributed by atoms with Gasteiger partial charge < -0.3 is 10.2 Å². The topological polar surface area (TPSA) is 49.4 Å². The molecule has 1 aliphatic rings. The van der Waals surface area contributed by atoms with Gasteiger partial charge >= 0.3 is 0 Å². The number of hydrogen-bond donors (Lipinski definition) is 1. The molecule has 0 bridgehead atoms. The van der Waals surface area contributed by atoms with Gasteiger partial charge in [0.1, 0.15) is 0 Å². The molecule has 1 fully saturated rings. The monoisotopic (exact) mass is 356 g/mol. The summed E-state index contributed by atoms with van der Waals surface area (Å²) in [6.45, 7) is 4.84. The van der Waals surface area contributed by atoms with E-state index in [-0.39, 0.29) is 24.2 Å². The van der Waals surface area contributed by atoms with Crippen molar-refractivity contribution in [3.63, 3.8) is 0 Å². The highest BCUT2D eigenvalue weighted by Gasteiger charge is 2.34. The quantitative estimate of drug-likeness (QED) is 0.901. The number of carbonyl (C=O) groups is 2. The van der Waals surface area contributed by atoms with Gasteiger partial charge in [-0.15, -0.1) is 0 Å². The van der Waals surface area contributed by atoms with Crippen LogP contribution < -0.4 is 5.32 Å². The summed E-state index contributed by atoms with van der Waals surface area (Å²) in [7, 11) is 0. The summed E-state index contributed by atoms with van der Waals surface area (Å²) in [4.78, 5) is 26.6. The van der Waals surface area contributed by atoms with E-state index < -0.39 is 0 Å². The van der Waals surface area contributed by atoms with Gasteiger partial charge in [-0.3, -0.25) is 9.59 Å². The number of nitrogens with one attached hydrogen (secondary N) is 1. The third kappa shape index (κ3) is 4.02. The highest BCUT2D eigenvalue weighted by molar-refractivity contribution is 6.34. The van der Waals surface area contributed by atoms with E-state index in [1.165, 1.54) is 0 Å². The van der Waals surface area contributed by atoms with Crippen LogP contribution in [0.3, 0.4) is 0 Å². The number of amides is 2. The third-order valence-corrected chi connectivity index (χ3v) is 4.78. The van der Waals surface area contributed by atoms with Gasteiger partial charge in [0.25, 0.3) is 0 Å². The van der Waals surface area contributed by atoms with Crippen LogP contribution in [0.25, 0.3) is 0 Å². The van der Waals surface area contributed by atoms with E-state index in [1.807, 2.05) is 56.3 Å². The van der Waals surface area contributed by atoms with Crippen molar-refractivity contribution in [2.45, 2.75) is 26.8 Å². The molecule has 5 heteroatoms. The van der Waals surface area contributed by atoms with Gasteiger partial charge in [-0.05, 0) is 36.6 Å². The Bertz CT molecular complexity index is 782. The predicted octanol–water partition coefficient (Wildman–Crippen LogP) is 3.94. The highest BCUT2D eigenvalue weighted by atomic mass is 35.5. The van der Waals surface area contributed by atoms with Crippen molar-refractivity contribution >= 4 is 29.1 Å². The summed E-state index contributed by atoms with van der Waals surface area (Å²) in [5.74, 6) is -0.499. The van der Waals surface area contributed by atoms with Crippen molar-refractivity contribution in [2.75, 3.05) is 11.9 Å². The minimum absolute atomic E-state index is 0.00993. The summed E-state index contributed by atoms with van der Waals surface area (Å²) >= 11 is 6.26. The van der Waals surface area contributed by atoms with Crippen molar-refractivity contribution in [3.05, 3.63) is 64.2 Å². The average Bonchev–Trinajstić information content (AvgIpc) is 2.92. The molecule has 0 aliphatic carbocycles. The van der Waals surface area contributed by atoms with Crippen LogP contribution in [0, 0.1) is 19.8 Å². The van der Waals surface area contributed by atoms with Crippen molar-refractivity contribution in [3.8, 4) is 0 Å². The second-order valence-corrected chi connectivity index (χ2v) is 7.00. The van der Waals surface area contributed by atoms with E-state index in [0.717, 1.165) is 16.7 Å². The highest BCUT2D eigenvalue weighted by Crippen LogP contribution is 2.29. The Balaban J connectivity index is 1.67. The molecule has 1 atom stereocenters. The number of halogens is 1. The smallest absolute Gasteiger partial charge is 0.229 e. The number of anilines is 1. The summed E-state index contributed by atoms with van der Waals surface area (Å²) in [6, 6.07) is 13.6. The number of likely N-dealkylation sites (tertiary alicyclic amines) is 1. The van der Waals surface area contributed by atoms with Gasteiger partial charge in [-0.25, -0.2) is 0 Å². The minimum atomic E-state index is -0.354. The van der Waals surface area contributed by atoms with Crippen LogP contribution in [-0.4, -0.2) is 23.3 Å². The lowest BCUT2D eigenvalue weighted by Crippen LogP contribution is -2.28. The zero-order valence-corrected chi connectivity index (χ0v) is 15.1. The standard InChI is InChI=1S/C20H21ClN2O2/c1-13-8-14(2)19(17(21)9-13)22-20(25)16-10-18(24)23(12-16)11-15-6-4-3-5-7-15/h3-9,16H,10-12H2,1-2H3,(H,22,25). The Labute approximate surface area is 152 Å². The van der Waals surface area contributed by atoms with E-state index in [2.05, 4.69) is 5.32 Å². The van der Waals surface area contributed by atoms with E-state index in [1.54, 1.807) is 4.90 Å². The van der Waals surface area contributed by atoms with Crippen LogP contribution in [-0.2, 0) is 16.1 Å². The van der Waals surface area contributed by atoms with Crippen LogP contribution in [0.15, 0.2) is 42.5 Å². The molecule has 0 radical (unpaired) electrons. The summed E-state index contributed by atoms with van der Waals surface area (Å²) in [5.41, 5.74) is 3.66. The van der Waals surface area contributed by atoms with Gasteiger partial charge in [0.2, 0.25) is 11.8 Å². The molecule has 0 spiro atoms. The second-order valence-electron chi connectivity index (χ2n) is 6.59. The van der Waals surface area contributed by atoms with Gasteiger partial charge in [0.05, 0.1) is 16.6 Å². The normalized spacial score (nSPS) is 17.0. The molecule has 4 nitrogen and oxygen atoms in total. The van der Waals surface area contributed by atoms with Gasteiger partial charge in [0.15, 0.2) is 0 Å². The van der Waals surface area contributed by atoms with Crippen molar-refractivity contribution in [1.29, 1.82) is 0 Å².